The summed E-state index contributed by atoms with van der Waals surface area (Å²) < 4.78 is 0. The van der Waals surface area contributed by atoms with Crippen LogP contribution in [0.5, 0.6) is 0 Å². The van der Waals surface area contributed by atoms with Crippen molar-refractivity contribution in [3.8, 4) is 0 Å². The van der Waals surface area contributed by atoms with Crippen molar-refractivity contribution in [2.45, 2.75) is 20.8 Å². The van der Waals surface area contributed by atoms with Crippen molar-refractivity contribution in [3.05, 3.63) is 34.7 Å². The second-order valence-electron chi connectivity index (χ2n) is 3.48. The molecule has 0 spiro atoms. The van der Waals surface area contributed by atoms with E-state index in [0.29, 0.717) is 5.56 Å². The Morgan fingerprint density at radius 1 is 1.50 bits per heavy atom. The fourth-order valence-corrected chi connectivity index (χ4v) is 1.19. The van der Waals surface area contributed by atoms with Crippen LogP contribution in [0.1, 0.15) is 35.5 Å². The number of aromatic nitrogens is 1. The predicted octanol–water partition coefficient (Wildman–Crippen LogP) is 2.51. The van der Waals surface area contributed by atoms with Gasteiger partial charge in [-0.15, -0.1) is 0 Å². The van der Waals surface area contributed by atoms with Crippen molar-refractivity contribution in [2.75, 3.05) is 0 Å². The predicted molar refractivity (Wildman–Crippen MR) is 55.3 cm³/mol. The van der Waals surface area contributed by atoms with Crippen LogP contribution in [0, 0.1) is 6.92 Å². The molecule has 0 aliphatic heterocycles. The van der Waals surface area contributed by atoms with E-state index in [2.05, 4.69) is 4.98 Å². The molecule has 3 heteroatoms. The molecule has 0 aliphatic carbocycles. The lowest BCUT2D eigenvalue weighted by molar-refractivity contribution is 0.0690. The molecule has 0 fully saturated rings. The average molecular weight is 191 g/mol. The Hall–Kier alpha value is -1.64. The molecule has 0 unspecified atom stereocenters. The lowest BCUT2D eigenvalue weighted by Crippen LogP contribution is -2.03. The number of carbonyl (C=O) groups is 1. The van der Waals surface area contributed by atoms with E-state index in [1.807, 2.05) is 32.9 Å². The summed E-state index contributed by atoms with van der Waals surface area (Å²) in [6.45, 7) is 5.74. The van der Waals surface area contributed by atoms with Crippen molar-refractivity contribution in [3.63, 3.8) is 0 Å². The first-order valence-corrected chi connectivity index (χ1v) is 4.35. The molecule has 0 atom stereocenters. The van der Waals surface area contributed by atoms with Gasteiger partial charge in [-0.2, -0.15) is 0 Å². The third-order valence-electron chi connectivity index (χ3n) is 1.70. The molecule has 1 aromatic heterocycles. The Morgan fingerprint density at radius 2 is 2.14 bits per heavy atom. The minimum absolute atomic E-state index is 0.108. The van der Waals surface area contributed by atoms with Crippen LogP contribution >= 0.6 is 0 Å². The molecule has 0 saturated heterocycles. The summed E-state index contributed by atoms with van der Waals surface area (Å²) in [6.07, 6.45) is 3.38. The zero-order valence-corrected chi connectivity index (χ0v) is 8.53. The SMILES string of the molecule is CC(C)=Cc1cc(C)cnc1C(=O)O. The second kappa shape index (κ2) is 4.05. The Balaban J connectivity index is 3.30. The minimum atomic E-state index is -0.988. The van der Waals surface area contributed by atoms with Gasteiger partial charge in [-0.3, -0.25) is 0 Å². The molecule has 0 saturated carbocycles. The monoisotopic (exact) mass is 191 g/mol. The number of aryl methyl sites for hydroxylation is 1. The molecule has 0 aromatic carbocycles. The summed E-state index contributed by atoms with van der Waals surface area (Å²) in [6, 6.07) is 1.82. The maximum absolute atomic E-state index is 10.8. The minimum Gasteiger partial charge on any atom is -0.476 e. The van der Waals surface area contributed by atoms with Crippen LogP contribution in [0.4, 0.5) is 0 Å². The molecular formula is C11H13NO2. The standard InChI is InChI=1S/C11H13NO2/c1-7(2)4-9-5-8(3)6-12-10(9)11(13)14/h4-6H,1-3H3,(H,13,14). The summed E-state index contributed by atoms with van der Waals surface area (Å²) >= 11 is 0. The molecule has 0 bridgehead atoms. The summed E-state index contributed by atoms with van der Waals surface area (Å²) in [5.74, 6) is -0.988. The molecule has 1 rings (SSSR count). The average Bonchev–Trinajstić information content (AvgIpc) is 2.01. The number of rotatable bonds is 2. The summed E-state index contributed by atoms with van der Waals surface area (Å²) in [7, 11) is 0. The van der Waals surface area contributed by atoms with Crippen LogP contribution in [0.2, 0.25) is 0 Å². The number of aromatic carboxylic acids is 1. The molecule has 0 aliphatic rings. The van der Waals surface area contributed by atoms with E-state index in [9.17, 15) is 4.79 Å². The van der Waals surface area contributed by atoms with E-state index >= 15 is 0 Å². The van der Waals surface area contributed by atoms with Gasteiger partial charge in [-0.1, -0.05) is 11.6 Å². The highest BCUT2D eigenvalue weighted by Gasteiger charge is 2.09. The van der Waals surface area contributed by atoms with Gasteiger partial charge in [0.25, 0.3) is 0 Å². The van der Waals surface area contributed by atoms with Gasteiger partial charge in [0.15, 0.2) is 5.69 Å². The van der Waals surface area contributed by atoms with Crippen molar-refractivity contribution < 1.29 is 9.90 Å². The largest absolute Gasteiger partial charge is 0.476 e. The first kappa shape index (κ1) is 10.4. The maximum Gasteiger partial charge on any atom is 0.355 e. The number of carboxylic acids is 1. The van der Waals surface area contributed by atoms with E-state index < -0.39 is 5.97 Å². The third-order valence-corrected chi connectivity index (χ3v) is 1.70. The zero-order chi connectivity index (χ0) is 10.7. The van der Waals surface area contributed by atoms with Crippen molar-refractivity contribution >= 4 is 12.0 Å². The van der Waals surface area contributed by atoms with Crippen molar-refractivity contribution in [2.24, 2.45) is 0 Å². The summed E-state index contributed by atoms with van der Waals surface area (Å²) in [5, 5.41) is 8.88. The Bertz CT molecular complexity index is 390. The first-order chi connectivity index (χ1) is 6.50. The van der Waals surface area contributed by atoms with Gasteiger partial charge in [0.1, 0.15) is 0 Å². The van der Waals surface area contributed by atoms with Crippen LogP contribution in [0.15, 0.2) is 17.8 Å². The summed E-state index contributed by atoms with van der Waals surface area (Å²) in [4.78, 5) is 14.7. The van der Waals surface area contributed by atoms with Gasteiger partial charge in [0.2, 0.25) is 0 Å². The van der Waals surface area contributed by atoms with E-state index in [0.717, 1.165) is 11.1 Å². The molecule has 1 aromatic rings. The molecule has 0 amide bonds. The first-order valence-electron chi connectivity index (χ1n) is 4.35. The fraction of sp³-hybridized carbons (Fsp3) is 0.273. The number of pyridine rings is 1. The summed E-state index contributed by atoms with van der Waals surface area (Å²) in [5.41, 5.74) is 2.79. The van der Waals surface area contributed by atoms with E-state index in [4.69, 9.17) is 5.11 Å². The van der Waals surface area contributed by atoms with Gasteiger partial charge in [0.05, 0.1) is 0 Å². The molecule has 0 radical (unpaired) electrons. The van der Waals surface area contributed by atoms with Crippen LogP contribution in [0.3, 0.4) is 0 Å². The smallest absolute Gasteiger partial charge is 0.355 e. The number of hydrogen-bond donors (Lipinski definition) is 1. The highest BCUT2D eigenvalue weighted by Crippen LogP contribution is 2.12. The lowest BCUT2D eigenvalue weighted by Gasteiger charge is -2.02. The van der Waals surface area contributed by atoms with Crippen LogP contribution in [0.25, 0.3) is 6.08 Å². The Labute approximate surface area is 83.1 Å². The van der Waals surface area contributed by atoms with Crippen LogP contribution in [-0.2, 0) is 0 Å². The maximum atomic E-state index is 10.8. The zero-order valence-electron chi connectivity index (χ0n) is 8.53. The number of allylic oxidation sites excluding steroid dienone is 1. The number of hydrogen-bond acceptors (Lipinski definition) is 2. The Morgan fingerprint density at radius 3 is 2.64 bits per heavy atom. The Kier molecular flexibility index (Phi) is 3.02. The van der Waals surface area contributed by atoms with Gasteiger partial charge >= 0.3 is 5.97 Å². The van der Waals surface area contributed by atoms with Gasteiger partial charge in [-0.05, 0) is 32.4 Å². The van der Waals surface area contributed by atoms with E-state index in [1.54, 1.807) is 6.20 Å². The quantitative estimate of drug-likeness (QED) is 0.781. The third kappa shape index (κ3) is 2.42. The van der Waals surface area contributed by atoms with Gasteiger partial charge in [-0.25, -0.2) is 9.78 Å². The normalized spacial score (nSPS) is 9.64. The van der Waals surface area contributed by atoms with E-state index in [1.165, 1.54) is 0 Å². The van der Waals surface area contributed by atoms with Crippen LogP contribution in [-0.4, -0.2) is 16.1 Å². The van der Waals surface area contributed by atoms with Crippen molar-refractivity contribution in [1.82, 2.24) is 4.98 Å². The van der Waals surface area contributed by atoms with Crippen molar-refractivity contribution in [1.29, 1.82) is 0 Å². The molecule has 74 valence electrons. The van der Waals surface area contributed by atoms with Gasteiger partial charge in [0, 0.05) is 11.8 Å². The lowest BCUT2D eigenvalue weighted by atomic mass is 10.1. The highest BCUT2D eigenvalue weighted by molar-refractivity contribution is 5.90. The molecule has 3 nitrogen and oxygen atoms in total. The number of nitrogens with zero attached hydrogens (tertiary/aromatic N) is 1. The molecular weight excluding hydrogens is 178 g/mol. The molecule has 1 N–H and O–H groups in total. The molecule has 14 heavy (non-hydrogen) atoms. The molecule has 1 heterocycles. The van der Waals surface area contributed by atoms with E-state index in [-0.39, 0.29) is 5.69 Å². The topological polar surface area (TPSA) is 50.2 Å². The highest BCUT2D eigenvalue weighted by atomic mass is 16.4. The second-order valence-corrected chi connectivity index (χ2v) is 3.48. The number of carboxylic acid groups (broad SMARTS) is 1. The van der Waals surface area contributed by atoms with Crippen LogP contribution < -0.4 is 0 Å². The van der Waals surface area contributed by atoms with Gasteiger partial charge < -0.3 is 5.11 Å². The fourth-order valence-electron chi connectivity index (χ4n) is 1.19.